The molecule has 0 aromatic rings. The smallest absolute Gasteiger partial charge is 0.261 e. The molecule has 1 saturated heterocycles. The Bertz CT molecular complexity index is 470. The van der Waals surface area contributed by atoms with Gasteiger partial charge in [0.05, 0.1) is 6.54 Å². The van der Waals surface area contributed by atoms with Crippen molar-refractivity contribution in [2.75, 3.05) is 13.6 Å². The number of unbranched alkanes of at least 4 members (excludes halogenated alkanes) is 8. The standard InChI is InChI=1S/C22H39NO3/c1-4-5-14-18(2)15-12-10-8-6-7-9-11-13-16-19(24)21-20(25)17-23(3)22(21)26/h18,24H,4-17H2,1-3H3/b21-19-. The second-order valence-corrected chi connectivity index (χ2v) is 8.02. The Hall–Kier alpha value is -1.32. The summed E-state index contributed by atoms with van der Waals surface area (Å²) in [4.78, 5) is 24.9. The summed E-state index contributed by atoms with van der Waals surface area (Å²) in [6.45, 7) is 4.73. The van der Waals surface area contributed by atoms with Gasteiger partial charge in [0.25, 0.3) is 5.91 Å². The third-order valence-electron chi connectivity index (χ3n) is 5.42. The number of nitrogens with zero attached hydrogens (tertiary/aromatic N) is 1. The van der Waals surface area contributed by atoms with Gasteiger partial charge in [0.15, 0.2) is 5.78 Å². The number of Topliss-reactive ketones (excluding diaryl/α,β-unsaturated/α-hetero) is 1. The summed E-state index contributed by atoms with van der Waals surface area (Å²) >= 11 is 0. The van der Waals surface area contributed by atoms with E-state index in [2.05, 4.69) is 13.8 Å². The van der Waals surface area contributed by atoms with Gasteiger partial charge in [0.1, 0.15) is 11.3 Å². The van der Waals surface area contributed by atoms with Crippen LogP contribution < -0.4 is 0 Å². The second-order valence-electron chi connectivity index (χ2n) is 8.02. The van der Waals surface area contributed by atoms with Crippen LogP contribution in [0.5, 0.6) is 0 Å². The Morgan fingerprint density at radius 1 is 0.962 bits per heavy atom. The van der Waals surface area contributed by atoms with Crippen LogP contribution in [0.3, 0.4) is 0 Å². The van der Waals surface area contributed by atoms with Crippen LogP contribution in [0, 0.1) is 5.92 Å². The van der Waals surface area contributed by atoms with Crippen LogP contribution in [0.15, 0.2) is 11.3 Å². The molecule has 26 heavy (non-hydrogen) atoms. The first kappa shape index (κ1) is 22.7. The predicted molar refractivity (Wildman–Crippen MR) is 107 cm³/mol. The van der Waals surface area contributed by atoms with E-state index >= 15 is 0 Å². The van der Waals surface area contributed by atoms with Gasteiger partial charge in [-0.3, -0.25) is 9.59 Å². The molecule has 0 aromatic carbocycles. The van der Waals surface area contributed by atoms with Crippen LogP contribution in [0.2, 0.25) is 0 Å². The van der Waals surface area contributed by atoms with Crippen LogP contribution in [0.4, 0.5) is 0 Å². The number of aliphatic hydroxyl groups is 1. The molecule has 1 aliphatic heterocycles. The topological polar surface area (TPSA) is 57.6 Å². The fourth-order valence-electron chi connectivity index (χ4n) is 3.63. The number of hydrogen-bond acceptors (Lipinski definition) is 3. The van der Waals surface area contributed by atoms with Crippen molar-refractivity contribution in [2.45, 2.75) is 97.3 Å². The van der Waals surface area contributed by atoms with E-state index in [9.17, 15) is 14.7 Å². The SMILES string of the molecule is CCCCC(C)CCCCCCCCCC/C(O)=C1\C(=O)CN(C)C1=O. The first-order valence-corrected chi connectivity index (χ1v) is 10.7. The van der Waals surface area contributed by atoms with Gasteiger partial charge in [0, 0.05) is 13.5 Å². The van der Waals surface area contributed by atoms with Crippen molar-refractivity contribution in [1.29, 1.82) is 0 Å². The minimum absolute atomic E-state index is 0.0125. The van der Waals surface area contributed by atoms with Crippen LogP contribution >= 0.6 is 0 Å². The van der Waals surface area contributed by atoms with E-state index in [0.29, 0.717) is 6.42 Å². The molecule has 0 radical (unpaired) electrons. The summed E-state index contributed by atoms with van der Waals surface area (Å²) in [5.41, 5.74) is 0.0145. The fraction of sp³-hybridized carbons (Fsp3) is 0.818. The highest BCUT2D eigenvalue weighted by Gasteiger charge is 2.33. The highest BCUT2D eigenvalue weighted by atomic mass is 16.3. The van der Waals surface area contributed by atoms with Crippen LogP contribution in [-0.4, -0.2) is 35.3 Å². The molecule has 1 rings (SSSR count). The van der Waals surface area contributed by atoms with Crippen molar-refractivity contribution in [2.24, 2.45) is 5.92 Å². The largest absolute Gasteiger partial charge is 0.511 e. The van der Waals surface area contributed by atoms with E-state index in [1.165, 1.54) is 62.7 Å². The zero-order valence-corrected chi connectivity index (χ0v) is 17.2. The summed E-state index contributed by atoms with van der Waals surface area (Å²) in [6, 6.07) is 0. The maximum Gasteiger partial charge on any atom is 0.261 e. The van der Waals surface area contributed by atoms with Gasteiger partial charge in [-0.25, -0.2) is 0 Å². The molecule has 1 N–H and O–H groups in total. The molecule has 0 bridgehead atoms. The molecule has 0 aliphatic carbocycles. The Morgan fingerprint density at radius 3 is 2.04 bits per heavy atom. The van der Waals surface area contributed by atoms with E-state index in [0.717, 1.165) is 25.2 Å². The van der Waals surface area contributed by atoms with Crippen LogP contribution in [0.1, 0.15) is 97.3 Å². The lowest BCUT2D eigenvalue weighted by atomic mass is 9.97. The third-order valence-corrected chi connectivity index (χ3v) is 5.42. The molecule has 4 nitrogen and oxygen atoms in total. The van der Waals surface area contributed by atoms with Crippen molar-refractivity contribution in [3.63, 3.8) is 0 Å². The molecule has 4 heteroatoms. The van der Waals surface area contributed by atoms with Gasteiger partial charge in [-0.05, 0) is 12.3 Å². The molecular weight excluding hydrogens is 326 g/mol. The molecule has 1 atom stereocenters. The number of rotatable bonds is 14. The van der Waals surface area contributed by atoms with Crippen LogP contribution in [0.25, 0.3) is 0 Å². The lowest BCUT2D eigenvalue weighted by molar-refractivity contribution is -0.123. The van der Waals surface area contributed by atoms with E-state index in [1.54, 1.807) is 7.05 Å². The number of hydrogen-bond donors (Lipinski definition) is 1. The van der Waals surface area contributed by atoms with Crippen molar-refractivity contribution in [1.82, 2.24) is 4.90 Å². The quantitative estimate of drug-likeness (QED) is 0.189. The normalized spacial score (nSPS) is 17.9. The number of aliphatic hydroxyl groups excluding tert-OH is 1. The van der Waals surface area contributed by atoms with Gasteiger partial charge in [-0.2, -0.15) is 0 Å². The van der Waals surface area contributed by atoms with E-state index in [4.69, 9.17) is 0 Å². The van der Waals surface area contributed by atoms with Crippen molar-refractivity contribution in [3.05, 3.63) is 11.3 Å². The first-order valence-electron chi connectivity index (χ1n) is 10.7. The average Bonchev–Trinajstić information content (AvgIpc) is 2.86. The molecule has 0 spiro atoms. The molecule has 0 aromatic heterocycles. The molecule has 1 unspecified atom stereocenters. The lowest BCUT2D eigenvalue weighted by Crippen LogP contribution is -2.19. The van der Waals surface area contributed by atoms with Gasteiger partial charge in [0.2, 0.25) is 0 Å². The number of carbonyl (C=O) groups excluding carboxylic acids is 2. The molecule has 1 amide bonds. The molecule has 0 saturated carbocycles. The summed E-state index contributed by atoms with van der Waals surface area (Å²) in [5.74, 6) is 0.284. The van der Waals surface area contributed by atoms with Crippen molar-refractivity contribution < 1.29 is 14.7 Å². The number of allylic oxidation sites excluding steroid dienone is 1. The number of ketones is 1. The zero-order chi connectivity index (χ0) is 19.4. The van der Waals surface area contributed by atoms with Crippen LogP contribution in [-0.2, 0) is 9.59 Å². The van der Waals surface area contributed by atoms with Crippen molar-refractivity contribution in [3.8, 4) is 0 Å². The number of carbonyl (C=O) groups is 2. The minimum atomic E-state index is -0.337. The van der Waals surface area contributed by atoms with Gasteiger partial charge >= 0.3 is 0 Å². The molecule has 150 valence electrons. The highest BCUT2D eigenvalue weighted by molar-refractivity contribution is 6.25. The summed E-state index contributed by atoms with van der Waals surface area (Å²) in [6.07, 6.45) is 15.5. The molecular formula is C22H39NO3. The fourth-order valence-corrected chi connectivity index (χ4v) is 3.63. The van der Waals surface area contributed by atoms with Gasteiger partial charge in [-0.1, -0.05) is 84.5 Å². The Kier molecular flexibility index (Phi) is 11.3. The monoisotopic (exact) mass is 365 g/mol. The van der Waals surface area contributed by atoms with E-state index < -0.39 is 0 Å². The number of likely N-dealkylation sites (N-methyl/N-ethyl adjacent to an activating group) is 1. The molecule has 1 fully saturated rings. The average molecular weight is 366 g/mol. The Morgan fingerprint density at radius 2 is 1.50 bits per heavy atom. The third kappa shape index (κ3) is 8.37. The highest BCUT2D eigenvalue weighted by Crippen LogP contribution is 2.20. The summed E-state index contributed by atoms with van der Waals surface area (Å²) < 4.78 is 0. The van der Waals surface area contributed by atoms with Crippen molar-refractivity contribution >= 4 is 11.7 Å². The Labute approximate surface area is 160 Å². The molecule has 1 aliphatic rings. The van der Waals surface area contributed by atoms with Gasteiger partial charge < -0.3 is 10.0 Å². The maximum absolute atomic E-state index is 11.8. The summed E-state index contributed by atoms with van der Waals surface area (Å²) in [5, 5.41) is 10.0. The Balaban J connectivity index is 2.00. The first-order chi connectivity index (χ1) is 12.5. The second kappa shape index (κ2) is 12.9. The maximum atomic E-state index is 11.8. The lowest BCUT2D eigenvalue weighted by Gasteiger charge is -2.10. The minimum Gasteiger partial charge on any atom is -0.511 e. The predicted octanol–water partition coefficient (Wildman–Crippen LogP) is 5.57. The van der Waals surface area contributed by atoms with Gasteiger partial charge in [-0.15, -0.1) is 0 Å². The zero-order valence-electron chi connectivity index (χ0n) is 17.2. The molecule has 1 heterocycles. The van der Waals surface area contributed by atoms with E-state index in [1.807, 2.05) is 0 Å². The number of amides is 1. The van der Waals surface area contributed by atoms with E-state index in [-0.39, 0.29) is 29.6 Å². The number of likely N-dealkylation sites (tertiary alicyclic amines) is 1. The summed E-state index contributed by atoms with van der Waals surface area (Å²) in [7, 11) is 1.59.